The van der Waals surface area contributed by atoms with Gasteiger partial charge in [0.2, 0.25) is 5.91 Å². The summed E-state index contributed by atoms with van der Waals surface area (Å²) in [4.78, 5) is 10.4. The number of hydrogen-bond donors (Lipinski definition) is 3. The number of nitrogens with two attached hydrogens (primary N) is 1. The van der Waals surface area contributed by atoms with Crippen molar-refractivity contribution in [1.82, 2.24) is 5.32 Å². The zero-order valence-corrected chi connectivity index (χ0v) is 6.29. The molecule has 1 amide bonds. The Balaban J connectivity index is 3.40. The Morgan fingerprint density at radius 2 is 2.20 bits per heavy atom. The van der Waals surface area contributed by atoms with Crippen LogP contribution in [0.25, 0.3) is 0 Å². The average molecular weight is 146 g/mol. The fourth-order valence-corrected chi connectivity index (χ4v) is 0.448. The molecule has 4 nitrogen and oxygen atoms in total. The largest absolute Gasteiger partial charge is 0.392 e. The summed E-state index contributed by atoms with van der Waals surface area (Å²) in [6, 6.07) is -0.366. The summed E-state index contributed by atoms with van der Waals surface area (Å²) in [7, 11) is 0. The number of hydrogen-bond acceptors (Lipinski definition) is 3. The van der Waals surface area contributed by atoms with Gasteiger partial charge >= 0.3 is 0 Å². The molecule has 0 aromatic carbocycles. The summed E-state index contributed by atoms with van der Waals surface area (Å²) >= 11 is 0. The van der Waals surface area contributed by atoms with Crippen molar-refractivity contribution in [2.24, 2.45) is 5.73 Å². The molecular weight excluding hydrogens is 132 g/mol. The summed E-state index contributed by atoms with van der Waals surface area (Å²) in [6.07, 6.45) is -0.443. The molecule has 0 aliphatic carbocycles. The molecule has 0 aliphatic heterocycles. The van der Waals surface area contributed by atoms with E-state index < -0.39 is 12.0 Å². The Morgan fingerprint density at radius 3 is 2.50 bits per heavy atom. The number of aliphatic hydroxyl groups is 1. The molecule has 10 heavy (non-hydrogen) atoms. The molecule has 60 valence electrons. The van der Waals surface area contributed by atoms with E-state index in [0.717, 1.165) is 0 Å². The van der Waals surface area contributed by atoms with Crippen molar-refractivity contribution in [3.63, 3.8) is 0 Å². The van der Waals surface area contributed by atoms with E-state index in [1.54, 1.807) is 13.8 Å². The highest BCUT2D eigenvalue weighted by molar-refractivity contribution is 5.79. The Morgan fingerprint density at radius 1 is 1.70 bits per heavy atom. The van der Waals surface area contributed by atoms with Gasteiger partial charge in [-0.3, -0.25) is 4.79 Å². The summed E-state index contributed by atoms with van der Waals surface area (Å²) in [5.74, 6) is -0.402. The first-order valence-corrected chi connectivity index (χ1v) is 3.24. The van der Waals surface area contributed by atoms with Crippen LogP contribution in [0.1, 0.15) is 13.8 Å². The van der Waals surface area contributed by atoms with Crippen molar-refractivity contribution < 1.29 is 9.90 Å². The van der Waals surface area contributed by atoms with Crippen molar-refractivity contribution >= 4 is 5.91 Å². The molecule has 0 rings (SSSR count). The van der Waals surface area contributed by atoms with Crippen LogP contribution in [-0.4, -0.2) is 29.7 Å². The number of primary amides is 1. The van der Waals surface area contributed by atoms with E-state index in [9.17, 15) is 4.79 Å². The van der Waals surface area contributed by atoms with E-state index in [0.29, 0.717) is 6.54 Å². The smallest absolute Gasteiger partial charge is 0.234 e. The maximum Gasteiger partial charge on any atom is 0.234 e. The second-order valence-corrected chi connectivity index (χ2v) is 2.38. The number of carbonyl (C=O) groups is 1. The van der Waals surface area contributed by atoms with Crippen LogP contribution in [0.4, 0.5) is 0 Å². The van der Waals surface area contributed by atoms with Gasteiger partial charge < -0.3 is 16.2 Å². The minimum Gasteiger partial charge on any atom is -0.392 e. The average Bonchev–Trinajstić information content (AvgIpc) is 1.82. The Kier molecular flexibility index (Phi) is 3.99. The van der Waals surface area contributed by atoms with Crippen molar-refractivity contribution in [1.29, 1.82) is 0 Å². The molecule has 0 fully saturated rings. The van der Waals surface area contributed by atoms with Gasteiger partial charge in [0.05, 0.1) is 12.1 Å². The van der Waals surface area contributed by atoms with Gasteiger partial charge in [0.15, 0.2) is 0 Å². The minimum atomic E-state index is -0.443. The van der Waals surface area contributed by atoms with Gasteiger partial charge in [-0.1, -0.05) is 0 Å². The highest BCUT2D eigenvalue weighted by atomic mass is 16.3. The highest BCUT2D eigenvalue weighted by Crippen LogP contribution is 1.80. The van der Waals surface area contributed by atoms with Crippen LogP contribution in [0.15, 0.2) is 0 Å². The molecule has 0 bridgehead atoms. The van der Waals surface area contributed by atoms with Crippen LogP contribution in [0.3, 0.4) is 0 Å². The van der Waals surface area contributed by atoms with E-state index in [1.165, 1.54) is 0 Å². The van der Waals surface area contributed by atoms with Gasteiger partial charge in [0.25, 0.3) is 0 Å². The van der Waals surface area contributed by atoms with Crippen molar-refractivity contribution in [3.05, 3.63) is 0 Å². The van der Waals surface area contributed by atoms with Crippen LogP contribution in [0.2, 0.25) is 0 Å². The molecule has 0 heterocycles. The third-order valence-corrected chi connectivity index (χ3v) is 1.15. The maximum atomic E-state index is 10.4. The lowest BCUT2D eigenvalue weighted by Crippen LogP contribution is -2.41. The molecule has 0 aromatic rings. The van der Waals surface area contributed by atoms with Crippen LogP contribution in [0.5, 0.6) is 0 Å². The molecular formula is C6H14N2O2. The standard InChI is InChI=1S/C6H14N2O2/c1-4(9)3-8-5(2)6(7)10/h4-5,8-9H,3H2,1-2H3,(H2,7,10)/t4-,5?/m0/s1. The van der Waals surface area contributed by atoms with Gasteiger partial charge in [-0.2, -0.15) is 0 Å². The maximum absolute atomic E-state index is 10.4. The lowest BCUT2D eigenvalue weighted by atomic mass is 10.3. The fraction of sp³-hybridized carbons (Fsp3) is 0.833. The van der Waals surface area contributed by atoms with E-state index in [4.69, 9.17) is 10.8 Å². The molecule has 4 heteroatoms. The Labute approximate surface area is 60.4 Å². The number of aliphatic hydroxyl groups excluding tert-OH is 1. The highest BCUT2D eigenvalue weighted by Gasteiger charge is 2.07. The van der Waals surface area contributed by atoms with Crippen molar-refractivity contribution in [2.75, 3.05) is 6.54 Å². The van der Waals surface area contributed by atoms with Gasteiger partial charge in [-0.15, -0.1) is 0 Å². The second kappa shape index (κ2) is 4.24. The molecule has 0 saturated heterocycles. The third kappa shape index (κ3) is 4.29. The van der Waals surface area contributed by atoms with Gasteiger partial charge in [0, 0.05) is 6.54 Å². The first-order valence-electron chi connectivity index (χ1n) is 3.24. The molecule has 0 aliphatic rings. The molecule has 0 radical (unpaired) electrons. The van der Waals surface area contributed by atoms with E-state index in [2.05, 4.69) is 5.32 Å². The summed E-state index contributed by atoms with van der Waals surface area (Å²) < 4.78 is 0. The number of carbonyl (C=O) groups excluding carboxylic acids is 1. The summed E-state index contributed by atoms with van der Waals surface area (Å²) in [6.45, 7) is 3.69. The topological polar surface area (TPSA) is 75.3 Å². The normalized spacial score (nSPS) is 16.3. The first-order chi connectivity index (χ1) is 4.54. The molecule has 0 spiro atoms. The number of nitrogens with one attached hydrogen (secondary N) is 1. The van der Waals surface area contributed by atoms with Crippen molar-refractivity contribution in [2.45, 2.75) is 26.0 Å². The van der Waals surface area contributed by atoms with Crippen LogP contribution >= 0.6 is 0 Å². The lowest BCUT2D eigenvalue weighted by Gasteiger charge is -2.10. The molecule has 0 aromatic heterocycles. The van der Waals surface area contributed by atoms with Gasteiger partial charge in [0.1, 0.15) is 0 Å². The lowest BCUT2D eigenvalue weighted by molar-refractivity contribution is -0.119. The van der Waals surface area contributed by atoms with E-state index >= 15 is 0 Å². The molecule has 0 saturated carbocycles. The van der Waals surface area contributed by atoms with Gasteiger partial charge in [-0.25, -0.2) is 0 Å². The first kappa shape index (κ1) is 9.39. The predicted octanol–water partition coefficient (Wildman–Crippen LogP) is -1.17. The van der Waals surface area contributed by atoms with Gasteiger partial charge in [-0.05, 0) is 13.8 Å². The minimum absolute atomic E-state index is 0.366. The predicted molar refractivity (Wildman–Crippen MR) is 38.3 cm³/mol. The molecule has 2 atom stereocenters. The SMILES string of the molecule is CC(NC[C@H](C)O)C(N)=O. The number of amides is 1. The Bertz CT molecular complexity index is 114. The zero-order chi connectivity index (χ0) is 8.15. The van der Waals surface area contributed by atoms with Crippen LogP contribution < -0.4 is 11.1 Å². The van der Waals surface area contributed by atoms with E-state index in [-0.39, 0.29) is 6.04 Å². The fourth-order valence-electron chi connectivity index (χ4n) is 0.448. The van der Waals surface area contributed by atoms with Crippen LogP contribution in [-0.2, 0) is 4.79 Å². The van der Waals surface area contributed by atoms with E-state index in [1.807, 2.05) is 0 Å². The summed E-state index contributed by atoms with van der Waals surface area (Å²) in [5, 5.41) is 11.5. The second-order valence-electron chi connectivity index (χ2n) is 2.38. The third-order valence-electron chi connectivity index (χ3n) is 1.15. The Hall–Kier alpha value is -0.610. The van der Waals surface area contributed by atoms with Crippen molar-refractivity contribution in [3.8, 4) is 0 Å². The number of rotatable bonds is 4. The monoisotopic (exact) mass is 146 g/mol. The molecule has 1 unspecified atom stereocenters. The quantitative estimate of drug-likeness (QED) is 0.468. The molecule has 4 N–H and O–H groups in total. The zero-order valence-electron chi connectivity index (χ0n) is 6.29. The van der Waals surface area contributed by atoms with Crippen LogP contribution in [0, 0.1) is 0 Å². The summed E-state index contributed by atoms with van der Waals surface area (Å²) in [5.41, 5.74) is 4.94.